The van der Waals surface area contributed by atoms with Crippen LogP contribution in [0.15, 0.2) is 24.5 Å². The minimum Gasteiger partial charge on any atom is -0.320 e. The number of hydrogen-bond acceptors (Lipinski definition) is 3. The van der Waals surface area contributed by atoms with Crippen molar-refractivity contribution in [2.45, 2.75) is 13.3 Å². The predicted molar refractivity (Wildman–Crippen MR) is 69.8 cm³/mol. The number of anilines is 1. The Balaban J connectivity index is 2.19. The van der Waals surface area contributed by atoms with E-state index in [1.165, 1.54) is 6.20 Å². The summed E-state index contributed by atoms with van der Waals surface area (Å²) < 4.78 is 1.63. The Kier molecular flexibility index (Phi) is 3.62. The summed E-state index contributed by atoms with van der Waals surface area (Å²) in [5.41, 5.74) is 1.96. The third kappa shape index (κ3) is 2.68. The van der Waals surface area contributed by atoms with Crippen LogP contribution in [0.1, 0.15) is 23.0 Å². The number of aromatic nitrogens is 3. The number of carbonyl (C=O) groups is 1. The van der Waals surface area contributed by atoms with Gasteiger partial charge >= 0.3 is 0 Å². The zero-order chi connectivity index (χ0) is 13.1. The first-order chi connectivity index (χ1) is 8.60. The van der Waals surface area contributed by atoms with Crippen LogP contribution in [0.2, 0.25) is 5.15 Å². The van der Waals surface area contributed by atoms with E-state index in [4.69, 9.17) is 11.6 Å². The zero-order valence-corrected chi connectivity index (χ0v) is 10.9. The van der Waals surface area contributed by atoms with Gasteiger partial charge in [-0.15, -0.1) is 0 Å². The van der Waals surface area contributed by atoms with E-state index in [1.807, 2.05) is 6.92 Å². The monoisotopic (exact) mass is 264 g/mol. The van der Waals surface area contributed by atoms with Crippen molar-refractivity contribution >= 4 is 23.2 Å². The molecule has 2 aromatic rings. The molecule has 0 atom stereocenters. The Hall–Kier alpha value is -1.88. The average Bonchev–Trinajstić information content (AvgIpc) is 2.73. The van der Waals surface area contributed by atoms with Gasteiger partial charge in [-0.25, -0.2) is 4.98 Å². The second-order valence-electron chi connectivity index (χ2n) is 3.84. The van der Waals surface area contributed by atoms with Gasteiger partial charge in [-0.2, -0.15) is 5.10 Å². The molecule has 0 saturated heterocycles. The van der Waals surface area contributed by atoms with Crippen LogP contribution in [0.5, 0.6) is 0 Å². The fourth-order valence-corrected chi connectivity index (χ4v) is 1.75. The lowest BCUT2D eigenvalue weighted by Gasteiger charge is -2.03. The van der Waals surface area contributed by atoms with E-state index in [0.29, 0.717) is 22.8 Å². The Bertz CT molecular complexity index is 562. The van der Waals surface area contributed by atoms with Gasteiger partial charge in [-0.1, -0.05) is 18.5 Å². The van der Waals surface area contributed by atoms with E-state index in [2.05, 4.69) is 15.4 Å². The van der Waals surface area contributed by atoms with Gasteiger partial charge in [0.2, 0.25) is 0 Å². The molecule has 2 heterocycles. The molecule has 0 aromatic carbocycles. The molecule has 0 spiro atoms. The highest BCUT2D eigenvalue weighted by Crippen LogP contribution is 2.13. The number of pyridine rings is 1. The van der Waals surface area contributed by atoms with E-state index in [0.717, 1.165) is 5.69 Å². The van der Waals surface area contributed by atoms with Gasteiger partial charge in [0.15, 0.2) is 0 Å². The van der Waals surface area contributed by atoms with Crippen LogP contribution in [0.3, 0.4) is 0 Å². The summed E-state index contributed by atoms with van der Waals surface area (Å²) in [4.78, 5) is 16.0. The molecule has 2 aromatic heterocycles. The van der Waals surface area contributed by atoms with Gasteiger partial charge < -0.3 is 5.32 Å². The maximum Gasteiger partial charge on any atom is 0.259 e. The van der Waals surface area contributed by atoms with Gasteiger partial charge in [0.1, 0.15) is 5.15 Å². The van der Waals surface area contributed by atoms with Crippen LogP contribution < -0.4 is 5.32 Å². The van der Waals surface area contributed by atoms with Crippen molar-refractivity contribution in [2.24, 2.45) is 7.05 Å². The number of hydrogen-bond donors (Lipinski definition) is 1. The molecule has 18 heavy (non-hydrogen) atoms. The topological polar surface area (TPSA) is 59.8 Å². The van der Waals surface area contributed by atoms with Crippen molar-refractivity contribution in [1.82, 2.24) is 14.8 Å². The first-order valence-electron chi connectivity index (χ1n) is 5.55. The molecule has 0 fully saturated rings. The molecule has 0 unspecified atom stereocenters. The zero-order valence-electron chi connectivity index (χ0n) is 10.1. The Morgan fingerprint density at radius 1 is 1.50 bits per heavy atom. The lowest BCUT2D eigenvalue weighted by atomic mass is 10.2. The molecule has 6 heteroatoms. The van der Waals surface area contributed by atoms with E-state index < -0.39 is 0 Å². The lowest BCUT2D eigenvalue weighted by Crippen LogP contribution is -2.13. The molecule has 0 bridgehead atoms. The highest BCUT2D eigenvalue weighted by molar-refractivity contribution is 6.29. The summed E-state index contributed by atoms with van der Waals surface area (Å²) in [5, 5.41) is 7.38. The molecular weight excluding hydrogens is 252 g/mol. The Morgan fingerprint density at radius 2 is 2.28 bits per heavy atom. The maximum absolute atomic E-state index is 12.1. The van der Waals surface area contributed by atoms with Gasteiger partial charge in [0.25, 0.3) is 5.91 Å². The molecule has 1 N–H and O–H groups in total. The molecule has 94 valence electrons. The van der Waals surface area contributed by atoms with Gasteiger partial charge in [-0.3, -0.25) is 9.48 Å². The Labute approximate surface area is 110 Å². The number of rotatable bonds is 3. The molecule has 0 aliphatic carbocycles. The third-order valence-corrected chi connectivity index (χ3v) is 2.69. The molecule has 5 nitrogen and oxygen atoms in total. The largest absolute Gasteiger partial charge is 0.320 e. The quantitative estimate of drug-likeness (QED) is 0.866. The molecule has 1 amide bonds. The standard InChI is InChI=1S/C12H13ClN4O/c1-3-10-9(7-17(2)16-10)12(18)15-8-4-5-11(13)14-6-8/h4-7H,3H2,1-2H3,(H,15,18). The summed E-state index contributed by atoms with van der Waals surface area (Å²) in [5.74, 6) is -0.191. The molecule has 0 saturated carbocycles. The minimum absolute atomic E-state index is 0.191. The molecular formula is C12H13ClN4O. The number of carbonyl (C=O) groups excluding carboxylic acids is 1. The third-order valence-electron chi connectivity index (χ3n) is 2.47. The maximum atomic E-state index is 12.1. The van der Waals surface area contributed by atoms with Crippen molar-refractivity contribution in [3.63, 3.8) is 0 Å². The molecule has 2 rings (SSSR count). The van der Waals surface area contributed by atoms with Crippen LogP contribution in [0.25, 0.3) is 0 Å². The van der Waals surface area contributed by atoms with Crippen molar-refractivity contribution in [3.05, 3.63) is 40.9 Å². The summed E-state index contributed by atoms with van der Waals surface area (Å²) in [7, 11) is 1.79. The first-order valence-corrected chi connectivity index (χ1v) is 5.93. The van der Waals surface area contributed by atoms with Gasteiger partial charge in [-0.05, 0) is 18.6 Å². The van der Waals surface area contributed by atoms with Crippen molar-refractivity contribution in [3.8, 4) is 0 Å². The molecule has 0 radical (unpaired) electrons. The summed E-state index contributed by atoms with van der Waals surface area (Å²) >= 11 is 5.68. The summed E-state index contributed by atoms with van der Waals surface area (Å²) in [6.45, 7) is 1.96. The fourth-order valence-electron chi connectivity index (χ4n) is 1.63. The lowest BCUT2D eigenvalue weighted by molar-refractivity contribution is 0.102. The minimum atomic E-state index is -0.191. The fraction of sp³-hybridized carbons (Fsp3) is 0.250. The second kappa shape index (κ2) is 5.18. The van der Waals surface area contributed by atoms with E-state index in [1.54, 1.807) is 30.1 Å². The number of aryl methyl sites for hydroxylation is 2. The number of halogens is 1. The van der Waals surface area contributed by atoms with Crippen LogP contribution in [-0.2, 0) is 13.5 Å². The summed E-state index contributed by atoms with van der Waals surface area (Å²) in [6, 6.07) is 3.33. The summed E-state index contributed by atoms with van der Waals surface area (Å²) in [6.07, 6.45) is 3.93. The van der Waals surface area contributed by atoms with Crippen molar-refractivity contribution in [1.29, 1.82) is 0 Å². The highest BCUT2D eigenvalue weighted by atomic mass is 35.5. The van der Waals surface area contributed by atoms with E-state index in [-0.39, 0.29) is 5.91 Å². The van der Waals surface area contributed by atoms with E-state index >= 15 is 0 Å². The Morgan fingerprint density at radius 3 is 2.89 bits per heavy atom. The van der Waals surface area contributed by atoms with Crippen LogP contribution in [-0.4, -0.2) is 20.7 Å². The van der Waals surface area contributed by atoms with Crippen LogP contribution in [0, 0.1) is 0 Å². The van der Waals surface area contributed by atoms with Crippen LogP contribution >= 0.6 is 11.6 Å². The predicted octanol–water partition coefficient (Wildman–Crippen LogP) is 2.28. The van der Waals surface area contributed by atoms with Crippen LogP contribution in [0.4, 0.5) is 5.69 Å². The number of nitrogens with one attached hydrogen (secondary N) is 1. The molecule has 0 aliphatic heterocycles. The van der Waals surface area contributed by atoms with E-state index in [9.17, 15) is 4.79 Å². The highest BCUT2D eigenvalue weighted by Gasteiger charge is 2.14. The smallest absolute Gasteiger partial charge is 0.259 e. The average molecular weight is 265 g/mol. The molecule has 0 aliphatic rings. The number of amides is 1. The van der Waals surface area contributed by atoms with Gasteiger partial charge in [0.05, 0.1) is 23.1 Å². The number of nitrogens with zero attached hydrogens (tertiary/aromatic N) is 3. The van der Waals surface area contributed by atoms with Crippen molar-refractivity contribution in [2.75, 3.05) is 5.32 Å². The van der Waals surface area contributed by atoms with Gasteiger partial charge in [0, 0.05) is 13.2 Å². The normalized spacial score (nSPS) is 10.4. The van der Waals surface area contributed by atoms with Crippen molar-refractivity contribution < 1.29 is 4.79 Å². The second-order valence-corrected chi connectivity index (χ2v) is 4.23. The first kappa shape index (κ1) is 12.6. The SMILES string of the molecule is CCc1nn(C)cc1C(=O)Nc1ccc(Cl)nc1.